The summed E-state index contributed by atoms with van der Waals surface area (Å²) >= 11 is 0. The van der Waals surface area contributed by atoms with Gasteiger partial charge in [-0.3, -0.25) is 4.79 Å². The van der Waals surface area contributed by atoms with Gasteiger partial charge in [0.15, 0.2) is 0 Å². The number of benzene rings is 1. The summed E-state index contributed by atoms with van der Waals surface area (Å²) in [5.74, 6) is 0.0811. The third kappa shape index (κ3) is 2.33. The number of anilines is 3. The van der Waals surface area contributed by atoms with E-state index in [1.54, 1.807) is 0 Å². The predicted octanol–water partition coefficient (Wildman–Crippen LogP) is 1.29. The van der Waals surface area contributed by atoms with Crippen LogP contribution in [-0.4, -0.2) is 43.5 Å². The van der Waals surface area contributed by atoms with E-state index in [1.807, 2.05) is 6.07 Å². The van der Waals surface area contributed by atoms with Crippen LogP contribution in [0.4, 0.5) is 17.1 Å². The number of fused-ring (bicyclic) bond motifs is 1. The van der Waals surface area contributed by atoms with Crippen LogP contribution in [0.3, 0.4) is 0 Å². The monoisotopic (exact) mass is 274 g/mol. The van der Waals surface area contributed by atoms with Gasteiger partial charge in [-0.25, -0.2) is 0 Å². The number of hydrogen-bond acceptors (Lipinski definition) is 4. The Labute approximate surface area is 119 Å². The molecule has 1 saturated heterocycles. The molecule has 1 fully saturated rings. The number of carbonyl (C=O) groups is 1. The number of nitrogens with one attached hydrogen (secondary N) is 1. The number of nitrogens with two attached hydrogens (primary N) is 1. The second-order valence-electron chi connectivity index (χ2n) is 5.92. The molecule has 5 nitrogen and oxygen atoms in total. The summed E-state index contributed by atoms with van der Waals surface area (Å²) in [6.07, 6.45) is 1.37. The Kier molecular flexibility index (Phi) is 3.30. The summed E-state index contributed by atoms with van der Waals surface area (Å²) in [7, 11) is 2.15. The number of rotatable bonds is 1. The van der Waals surface area contributed by atoms with E-state index < -0.39 is 0 Å². The van der Waals surface area contributed by atoms with E-state index in [2.05, 4.69) is 35.2 Å². The fourth-order valence-corrected chi connectivity index (χ4v) is 3.18. The highest BCUT2D eigenvalue weighted by atomic mass is 16.1. The van der Waals surface area contributed by atoms with Crippen LogP contribution in [0.1, 0.15) is 18.9 Å². The fraction of sp³-hybridized carbons (Fsp3) is 0.533. The summed E-state index contributed by atoms with van der Waals surface area (Å²) in [5.41, 5.74) is 10.1. The lowest BCUT2D eigenvalue weighted by Crippen LogP contribution is -2.50. The Hall–Kier alpha value is -1.75. The summed E-state index contributed by atoms with van der Waals surface area (Å²) in [6.45, 7) is 5.33. The normalized spacial score (nSPS) is 23.4. The van der Waals surface area contributed by atoms with E-state index in [1.165, 1.54) is 5.56 Å². The van der Waals surface area contributed by atoms with Crippen LogP contribution in [0.2, 0.25) is 0 Å². The van der Waals surface area contributed by atoms with E-state index >= 15 is 0 Å². The van der Waals surface area contributed by atoms with E-state index in [9.17, 15) is 4.79 Å². The topological polar surface area (TPSA) is 61.6 Å². The molecule has 1 amide bonds. The maximum absolute atomic E-state index is 11.4. The average Bonchev–Trinajstić information content (AvgIpc) is 2.38. The second kappa shape index (κ2) is 4.98. The van der Waals surface area contributed by atoms with Crippen molar-refractivity contribution in [1.29, 1.82) is 0 Å². The van der Waals surface area contributed by atoms with Gasteiger partial charge in [0.1, 0.15) is 0 Å². The van der Waals surface area contributed by atoms with Gasteiger partial charge in [-0.05, 0) is 38.1 Å². The van der Waals surface area contributed by atoms with Crippen LogP contribution in [0.25, 0.3) is 0 Å². The molecule has 0 aromatic heterocycles. The third-order valence-electron chi connectivity index (χ3n) is 4.29. The molecule has 0 spiro atoms. The minimum absolute atomic E-state index is 0.0811. The van der Waals surface area contributed by atoms with Crippen molar-refractivity contribution in [2.24, 2.45) is 0 Å². The van der Waals surface area contributed by atoms with Crippen LogP contribution >= 0.6 is 0 Å². The van der Waals surface area contributed by atoms with Crippen molar-refractivity contribution in [3.63, 3.8) is 0 Å². The standard InChI is InChI=1S/C15H22N4O/c1-10-9-18(2)5-6-19(10)14-7-11-3-4-15(20)17-13(11)8-12(14)16/h7-8,10H,3-6,9,16H2,1-2H3,(H,17,20). The maximum Gasteiger partial charge on any atom is 0.224 e. The average molecular weight is 274 g/mol. The molecule has 0 aliphatic carbocycles. The second-order valence-corrected chi connectivity index (χ2v) is 5.92. The smallest absolute Gasteiger partial charge is 0.224 e. The van der Waals surface area contributed by atoms with Gasteiger partial charge in [-0.1, -0.05) is 0 Å². The number of likely N-dealkylation sites (N-methyl/N-ethyl adjacent to an activating group) is 1. The number of carbonyl (C=O) groups excluding carboxylic acids is 1. The Balaban J connectivity index is 1.92. The molecule has 108 valence electrons. The fourth-order valence-electron chi connectivity index (χ4n) is 3.18. The first-order chi connectivity index (χ1) is 9.54. The van der Waals surface area contributed by atoms with Crippen LogP contribution in [0, 0.1) is 0 Å². The summed E-state index contributed by atoms with van der Waals surface area (Å²) in [6, 6.07) is 4.52. The first-order valence-electron chi connectivity index (χ1n) is 7.22. The van der Waals surface area contributed by atoms with Gasteiger partial charge >= 0.3 is 0 Å². The van der Waals surface area contributed by atoms with Crippen molar-refractivity contribution in [2.45, 2.75) is 25.8 Å². The number of aryl methyl sites for hydroxylation is 1. The number of hydrogen-bond donors (Lipinski definition) is 2. The van der Waals surface area contributed by atoms with Crippen LogP contribution in [0.5, 0.6) is 0 Å². The first-order valence-corrected chi connectivity index (χ1v) is 7.22. The highest BCUT2D eigenvalue weighted by Crippen LogP contribution is 2.34. The zero-order chi connectivity index (χ0) is 14.3. The molecule has 0 saturated carbocycles. The van der Waals surface area contributed by atoms with Crippen molar-refractivity contribution in [2.75, 3.05) is 42.6 Å². The molecule has 20 heavy (non-hydrogen) atoms. The lowest BCUT2D eigenvalue weighted by molar-refractivity contribution is -0.116. The van der Waals surface area contributed by atoms with Gasteiger partial charge in [0.05, 0.1) is 11.4 Å². The van der Waals surface area contributed by atoms with Gasteiger partial charge in [0.2, 0.25) is 5.91 Å². The summed E-state index contributed by atoms with van der Waals surface area (Å²) < 4.78 is 0. The molecule has 2 aliphatic heterocycles. The van der Waals surface area contributed by atoms with Crippen LogP contribution in [0.15, 0.2) is 12.1 Å². The molecule has 0 radical (unpaired) electrons. The Morgan fingerprint density at radius 3 is 2.85 bits per heavy atom. The predicted molar refractivity (Wildman–Crippen MR) is 82.1 cm³/mol. The third-order valence-corrected chi connectivity index (χ3v) is 4.29. The van der Waals surface area contributed by atoms with E-state index in [4.69, 9.17) is 5.73 Å². The maximum atomic E-state index is 11.4. The Bertz CT molecular complexity index is 543. The Morgan fingerprint density at radius 2 is 2.10 bits per heavy atom. The van der Waals surface area contributed by atoms with Crippen molar-refractivity contribution in [1.82, 2.24) is 4.90 Å². The van der Waals surface area contributed by atoms with Crippen molar-refractivity contribution < 1.29 is 4.79 Å². The molecule has 1 atom stereocenters. The molecule has 2 aliphatic rings. The quantitative estimate of drug-likeness (QED) is 0.758. The van der Waals surface area contributed by atoms with Gasteiger partial charge in [-0.15, -0.1) is 0 Å². The van der Waals surface area contributed by atoms with E-state index in [-0.39, 0.29) is 5.91 Å². The van der Waals surface area contributed by atoms with E-state index in [0.29, 0.717) is 12.5 Å². The molecular weight excluding hydrogens is 252 g/mol. The SMILES string of the molecule is CC1CN(C)CCN1c1cc2c(cc1N)NC(=O)CC2. The zero-order valence-corrected chi connectivity index (χ0v) is 12.1. The molecule has 1 unspecified atom stereocenters. The molecule has 3 N–H and O–H groups in total. The van der Waals surface area contributed by atoms with Crippen molar-refractivity contribution in [3.05, 3.63) is 17.7 Å². The lowest BCUT2D eigenvalue weighted by Gasteiger charge is -2.40. The molecular formula is C15H22N4O. The molecule has 0 bridgehead atoms. The molecule has 3 rings (SSSR count). The minimum atomic E-state index is 0.0811. The van der Waals surface area contributed by atoms with Crippen molar-refractivity contribution in [3.8, 4) is 0 Å². The lowest BCUT2D eigenvalue weighted by atomic mass is 10.00. The summed E-state index contributed by atoms with van der Waals surface area (Å²) in [4.78, 5) is 16.2. The number of piperazine rings is 1. The summed E-state index contributed by atoms with van der Waals surface area (Å²) in [5, 5.41) is 2.90. The van der Waals surface area contributed by atoms with Gasteiger partial charge in [0, 0.05) is 37.8 Å². The first kappa shape index (κ1) is 13.2. The number of nitrogen functional groups attached to an aromatic ring is 1. The van der Waals surface area contributed by atoms with Crippen molar-refractivity contribution >= 4 is 23.0 Å². The minimum Gasteiger partial charge on any atom is -0.397 e. The number of amides is 1. The Morgan fingerprint density at radius 1 is 1.30 bits per heavy atom. The highest BCUT2D eigenvalue weighted by Gasteiger charge is 2.25. The van der Waals surface area contributed by atoms with Crippen LogP contribution in [-0.2, 0) is 11.2 Å². The van der Waals surface area contributed by atoms with Gasteiger partial charge < -0.3 is 20.9 Å². The highest BCUT2D eigenvalue weighted by molar-refractivity contribution is 5.95. The number of nitrogens with zero attached hydrogens (tertiary/aromatic N) is 2. The van der Waals surface area contributed by atoms with E-state index in [0.717, 1.165) is 43.1 Å². The van der Waals surface area contributed by atoms with Gasteiger partial charge in [-0.2, -0.15) is 0 Å². The molecule has 1 aromatic carbocycles. The molecule has 1 aromatic rings. The van der Waals surface area contributed by atoms with Crippen LogP contribution < -0.4 is 16.0 Å². The molecule has 2 heterocycles. The zero-order valence-electron chi connectivity index (χ0n) is 12.1. The van der Waals surface area contributed by atoms with Gasteiger partial charge in [0.25, 0.3) is 0 Å². The molecule has 5 heteroatoms. The largest absolute Gasteiger partial charge is 0.397 e.